The van der Waals surface area contributed by atoms with E-state index in [1.165, 1.54) is 26.0 Å². The van der Waals surface area contributed by atoms with Crippen molar-refractivity contribution in [2.75, 3.05) is 12.5 Å². The predicted octanol–water partition coefficient (Wildman–Crippen LogP) is 4.53. The molecule has 0 spiro atoms. The highest BCUT2D eigenvalue weighted by molar-refractivity contribution is 6.26. The molecule has 3 aromatic carbocycles. The molecule has 2 bridgehead atoms. The molecule has 2 saturated carbocycles. The van der Waals surface area contributed by atoms with E-state index in [0.717, 1.165) is 13.8 Å². The summed E-state index contributed by atoms with van der Waals surface area (Å²) >= 11 is 5.94. The molecular formula is C49H52ClNO15. The van der Waals surface area contributed by atoms with Gasteiger partial charge in [0.05, 0.1) is 29.5 Å². The van der Waals surface area contributed by atoms with E-state index in [9.17, 15) is 39.0 Å². The van der Waals surface area contributed by atoms with Crippen molar-refractivity contribution in [2.24, 2.45) is 16.7 Å². The van der Waals surface area contributed by atoms with Gasteiger partial charge < -0.3 is 44.0 Å². The van der Waals surface area contributed by atoms with E-state index in [-0.39, 0.29) is 35.3 Å². The zero-order valence-electron chi connectivity index (χ0n) is 37.2. The molecule has 3 aliphatic carbocycles. The van der Waals surface area contributed by atoms with E-state index in [2.05, 4.69) is 5.32 Å². The monoisotopic (exact) mass is 929 g/mol. The third kappa shape index (κ3) is 8.28. The maximum absolute atomic E-state index is 15.9. The van der Waals surface area contributed by atoms with Gasteiger partial charge in [0, 0.05) is 37.7 Å². The van der Waals surface area contributed by atoms with Crippen molar-refractivity contribution in [2.45, 2.75) is 108 Å². The first-order valence-electron chi connectivity index (χ1n) is 21.5. The minimum Gasteiger partial charge on any atom is -0.460 e. The molecule has 66 heavy (non-hydrogen) atoms. The number of ether oxygens (including phenoxy) is 6. The van der Waals surface area contributed by atoms with Crippen molar-refractivity contribution in [3.63, 3.8) is 0 Å². The third-order valence-corrected chi connectivity index (χ3v) is 14.0. The Bertz CT molecular complexity index is 2430. The lowest BCUT2D eigenvalue weighted by Crippen LogP contribution is -2.82. The molecule has 17 heteroatoms. The topological polar surface area (TPSA) is 227 Å². The first kappa shape index (κ1) is 48.0. The number of carbonyl (C=O) groups is 7. The quantitative estimate of drug-likeness (QED) is 0.0982. The summed E-state index contributed by atoms with van der Waals surface area (Å²) in [6.07, 6.45) is -10.8. The SMILES string of the molecule is CC(=O)O[C@H]1C(=O)[C@]2(C)C(OC(=O)CCl)C[C@H]3OC[C@@]3(OC(C)=O)[C@H]2[C@H](OC(=O)c2ccccc2)[C@]2(O)C[C@H](OC(=O)[C@H](O)[C@@H](NC(=O)c3ccccc3)c3ccccc3)C(C)=C1C2(C)C. The molecule has 1 heterocycles. The van der Waals surface area contributed by atoms with Gasteiger partial charge in [-0.05, 0) is 54.8 Å². The number of carbonyl (C=O) groups excluding carboxylic acids is 7. The number of alkyl halides is 1. The fourth-order valence-electron chi connectivity index (χ4n) is 10.5. The summed E-state index contributed by atoms with van der Waals surface area (Å²) in [7, 11) is 0. The van der Waals surface area contributed by atoms with E-state index in [1.54, 1.807) is 92.7 Å². The number of rotatable bonds is 12. The third-order valence-electron chi connectivity index (χ3n) is 13.8. The van der Waals surface area contributed by atoms with Gasteiger partial charge in [-0.15, -0.1) is 11.6 Å². The van der Waals surface area contributed by atoms with E-state index >= 15 is 4.79 Å². The predicted molar refractivity (Wildman–Crippen MR) is 232 cm³/mol. The highest BCUT2D eigenvalue weighted by atomic mass is 35.5. The molecule has 0 radical (unpaired) electrons. The van der Waals surface area contributed by atoms with Crippen LogP contribution in [0.2, 0.25) is 0 Å². The summed E-state index contributed by atoms with van der Waals surface area (Å²) in [5.41, 5.74) is -7.44. The number of esters is 5. The van der Waals surface area contributed by atoms with Gasteiger partial charge in [0.1, 0.15) is 35.9 Å². The van der Waals surface area contributed by atoms with Crippen molar-refractivity contribution in [3.8, 4) is 0 Å². The molecule has 7 rings (SSSR count). The lowest BCUT2D eigenvalue weighted by Gasteiger charge is -2.67. The Morgan fingerprint density at radius 2 is 1.42 bits per heavy atom. The van der Waals surface area contributed by atoms with E-state index < -0.39 is 124 Å². The first-order chi connectivity index (χ1) is 31.2. The number of benzene rings is 3. The summed E-state index contributed by atoms with van der Waals surface area (Å²) in [6, 6.07) is 22.7. The number of halogens is 1. The Morgan fingerprint density at radius 1 is 0.833 bits per heavy atom. The molecular weight excluding hydrogens is 878 g/mol. The number of hydrogen-bond acceptors (Lipinski definition) is 15. The number of fused-ring (bicyclic) bond motifs is 5. The highest BCUT2D eigenvalue weighted by Crippen LogP contribution is 2.65. The number of ketones is 1. The van der Waals surface area contributed by atoms with Crippen LogP contribution in [-0.4, -0.2) is 112 Å². The number of amides is 1. The second kappa shape index (κ2) is 18.4. The smallest absolute Gasteiger partial charge is 0.338 e. The molecule has 4 aliphatic rings. The molecule has 350 valence electrons. The minimum absolute atomic E-state index is 0.0361. The van der Waals surface area contributed by atoms with Gasteiger partial charge in [0.15, 0.2) is 23.6 Å². The summed E-state index contributed by atoms with van der Waals surface area (Å²) < 4.78 is 36.5. The number of Topliss-reactive ketones (excluding diaryl/α,β-unsaturated/α-hetero) is 1. The molecule has 1 unspecified atom stereocenters. The van der Waals surface area contributed by atoms with Crippen molar-refractivity contribution in [3.05, 3.63) is 119 Å². The number of nitrogens with one attached hydrogen (secondary N) is 1. The van der Waals surface area contributed by atoms with Gasteiger partial charge in [-0.2, -0.15) is 0 Å². The van der Waals surface area contributed by atoms with Crippen LogP contribution in [0.4, 0.5) is 0 Å². The number of aliphatic hydroxyl groups excluding tert-OH is 1. The van der Waals surface area contributed by atoms with Crippen molar-refractivity contribution in [1.29, 1.82) is 0 Å². The summed E-state index contributed by atoms with van der Waals surface area (Å²) in [4.78, 5) is 97.7. The Morgan fingerprint density at radius 3 is 1.97 bits per heavy atom. The summed E-state index contributed by atoms with van der Waals surface area (Å²) in [5.74, 6) is -8.68. The lowest BCUT2D eigenvalue weighted by molar-refractivity contribution is -0.346. The van der Waals surface area contributed by atoms with Crippen molar-refractivity contribution < 1.29 is 72.2 Å². The fraction of sp³-hybridized carbons (Fsp3) is 0.449. The molecule has 0 aromatic heterocycles. The molecule has 16 nitrogen and oxygen atoms in total. The van der Waals surface area contributed by atoms with Crippen molar-refractivity contribution in [1.82, 2.24) is 5.32 Å². The van der Waals surface area contributed by atoms with Crippen LogP contribution in [0, 0.1) is 16.7 Å². The van der Waals surface area contributed by atoms with Crippen LogP contribution in [0.15, 0.2) is 102 Å². The maximum Gasteiger partial charge on any atom is 0.338 e. The van der Waals surface area contributed by atoms with Crippen LogP contribution in [0.1, 0.15) is 86.7 Å². The average molecular weight is 930 g/mol. The lowest BCUT2D eigenvalue weighted by atomic mass is 9.44. The van der Waals surface area contributed by atoms with Gasteiger partial charge in [-0.1, -0.05) is 80.6 Å². The first-order valence-corrected chi connectivity index (χ1v) is 22.0. The zero-order chi connectivity index (χ0) is 47.9. The molecule has 1 amide bonds. The van der Waals surface area contributed by atoms with E-state index in [4.69, 9.17) is 40.0 Å². The normalized spacial score (nSPS) is 30.5. The molecule has 3 N–H and O–H groups in total. The van der Waals surface area contributed by atoms with E-state index in [1.807, 2.05) is 0 Å². The summed E-state index contributed by atoms with van der Waals surface area (Å²) in [6.45, 7) is 7.83. The fourth-order valence-corrected chi connectivity index (χ4v) is 10.6. The zero-order valence-corrected chi connectivity index (χ0v) is 37.9. The van der Waals surface area contributed by atoms with Gasteiger partial charge in [-0.25, -0.2) is 9.59 Å². The number of aliphatic hydroxyl groups is 2. The minimum atomic E-state index is -2.46. The second-order valence-corrected chi connectivity index (χ2v) is 18.2. The van der Waals surface area contributed by atoms with Gasteiger partial charge in [0.2, 0.25) is 0 Å². The largest absolute Gasteiger partial charge is 0.460 e. The molecule has 1 saturated heterocycles. The standard InChI is InChI=1S/C49H52ClNO15/c1-26-32(63-45(59)38(55)37(29-16-10-7-11-17-29)51-43(57)30-18-12-8-13-19-30)23-49(60)42(65-44(58)31-20-14-9-15-21-31)40-47(6,41(56)39(62-27(2)52)36(26)46(49,4)5)33(64-35(54)24-50)22-34-48(40,25-61-34)66-28(3)53/h7-21,32-34,37-40,42,55,60H,22-25H2,1-6H3,(H,51,57)/t32-,33?,34+,37-,38+,39+,40-,42-,47+,48-,49+/m0/s1. The van der Waals surface area contributed by atoms with Gasteiger partial charge in [-0.3, -0.25) is 24.0 Å². The van der Waals surface area contributed by atoms with Gasteiger partial charge >= 0.3 is 29.8 Å². The number of hydrogen-bond donors (Lipinski definition) is 3. The van der Waals surface area contributed by atoms with Gasteiger partial charge in [0.25, 0.3) is 5.91 Å². The van der Waals surface area contributed by atoms with E-state index in [0.29, 0.717) is 5.56 Å². The second-order valence-electron chi connectivity index (χ2n) is 18.0. The summed E-state index contributed by atoms with van der Waals surface area (Å²) in [5, 5.41) is 28.4. The van der Waals surface area contributed by atoms with Crippen LogP contribution in [0.3, 0.4) is 0 Å². The van der Waals surface area contributed by atoms with Crippen LogP contribution >= 0.6 is 11.6 Å². The molecule has 3 aromatic rings. The molecule has 1 aliphatic heterocycles. The molecule has 3 fully saturated rings. The Kier molecular flexibility index (Phi) is 13.4. The van der Waals surface area contributed by atoms with Crippen LogP contribution < -0.4 is 5.32 Å². The van der Waals surface area contributed by atoms with Crippen LogP contribution in [0.5, 0.6) is 0 Å². The van der Waals surface area contributed by atoms with Crippen LogP contribution in [0.25, 0.3) is 0 Å². The van der Waals surface area contributed by atoms with Crippen molar-refractivity contribution >= 4 is 53.1 Å². The molecule has 11 atom stereocenters. The maximum atomic E-state index is 15.9. The van der Waals surface area contributed by atoms with Crippen LogP contribution in [-0.2, 0) is 52.4 Å². The Hall–Kier alpha value is -5.94. The average Bonchev–Trinajstić information content (AvgIpc) is 3.28. The Labute approximate surface area is 385 Å². The Balaban J connectivity index is 1.42. The highest BCUT2D eigenvalue weighted by Gasteiger charge is 2.79.